The van der Waals surface area contributed by atoms with Crippen LogP contribution in [0.3, 0.4) is 0 Å². The van der Waals surface area contributed by atoms with Crippen molar-refractivity contribution in [3.05, 3.63) is 83.2 Å². The van der Waals surface area contributed by atoms with Crippen LogP contribution in [0.25, 0.3) is 17.1 Å². The van der Waals surface area contributed by atoms with Gasteiger partial charge in [-0.25, -0.2) is 4.98 Å². The van der Waals surface area contributed by atoms with Crippen LogP contribution >= 0.6 is 11.6 Å². The number of imidazole rings is 1. The summed E-state index contributed by atoms with van der Waals surface area (Å²) in [6.45, 7) is 20.3. The van der Waals surface area contributed by atoms with Gasteiger partial charge < -0.3 is 0 Å². The number of para-hydroxylation sites is 1. The van der Waals surface area contributed by atoms with Crippen LogP contribution in [0.1, 0.15) is 96.3 Å². The number of nitrogens with zero attached hydrogens (tertiary/aromatic N) is 2. The van der Waals surface area contributed by atoms with Gasteiger partial charge in [-0.15, -0.1) is 0 Å². The van der Waals surface area contributed by atoms with Crippen LogP contribution in [0.15, 0.2) is 66.5 Å². The molecule has 4 rings (SSSR count). The number of hydrogen-bond donors (Lipinski definition) is 0. The van der Waals surface area contributed by atoms with Gasteiger partial charge in [-0.3, -0.25) is 4.57 Å². The Morgan fingerprint density at radius 3 is 2.20 bits per heavy atom. The number of rotatable bonds is 9. The molecule has 0 N–H and O–H groups in total. The second-order valence-electron chi connectivity index (χ2n) is 11.1. The van der Waals surface area contributed by atoms with E-state index in [1.54, 1.807) is 0 Å². The molecule has 1 heterocycles. The smallest absolute Gasteiger partial charge is 0.144 e. The van der Waals surface area contributed by atoms with Crippen LogP contribution in [0.5, 0.6) is 0 Å². The second-order valence-corrected chi connectivity index (χ2v) is 11.6. The molecule has 1 aliphatic carbocycles. The highest BCUT2D eigenvalue weighted by atomic mass is 35.5. The summed E-state index contributed by atoms with van der Waals surface area (Å²) < 4.78 is 2.33. The van der Waals surface area contributed by atoms with Crippen LogP contribution in [-0.2, 0) is 5.41 Å². The molecule has 3 aromatic rings. The van der Waals surface area contributed by atoms with Crippen molar-refractivity contribution >= 4 is 11.6 Å². The van der Waals surface area contributed by atoms with Crippen LogP contribution in [0, 0.1) is 11.3 Å². The second kappa shape index (κ2) is 9.62. The third-order valence-corrected chi connectivity index (χ3v) is 8.80. The van der Waals surface area contributed by atoms with Crippen molar-refractivity contribution in [1.29, 1.82) is 0 Å². The summed E-state index contributed by atoms with van der Waals surface area (Å²) in [6.07, 6.45) is 7.37. The lowest BCUT2D eigenvalue weighted by Crippen LogP contribution is -2.18. The average molecular weight is 489 g/mol. The lowest BCUT2D eigenvalue weighted by Gasteiger charge is -2.26. The maximum absolute atomic E-state index is 6.71. The van der Waals surface area contributed by atoms with E-state index in [1.807, 2.05) is 6.20 Å². The number of hydrogen-bond acceptors (Lipinski definition) is 1. The predicted octanol–water partition coefficient (Wildman–Crippen LogP) is 9.62. The molecule has 2 aromatic carbocycles. The van der Waals surface area contributed by atoms with Gasteiger partial charge in [0, 0.05) is 34.3 Å². The summed E-state index contributed by atoms with van der Waals surface area (Å²) in [4.78, 5) is 4.97. The molecule has 1 saturated carbocycles. The van der Waals surface area contributed by atoms with E-state index in [9.17, 15) is 0 Å². The Bertz CT molecular complexity index is 1190. The Hall–Kier alpha value is -2.32. The highest BCUT2D eigenvalue weighted by Gasteiger charge is 2.73. The van der Waals surface area contributed by atoms with Crippen molar-refractivity contribution in [2.75, 3.05) is 0 Å². The van der Waals surface area contributed by atoms with Crippen LogP contribution in [0.4, 0.5) is 0 Å². The van der Waals surface area contributed by atoms with Crippen molar-refractivity contribution in [2.24, 2.45) is 11.3 Å². The Morgan fingerprint density at radius 2 is 1.66 bits per heavy atom. The highest BCUT2D eigenvalue weighted by Crippen LogP contribution is 2.76. The van der Waals surface area contributed by atoms with Gasteiger partial charge in [-0.1, -0.05) is 116 Å². The molecule has 1 aromatic heterocycles. The topological polar surface area (TPSA) is 17.8 Å². The van der Waals surface area contributed by atoms with Gasteiger partial charge in [0.1, 0.15) is 5.82 Å². The molecule has 0 spiro atoms. The summed E-state index contributed by atoms with van der Waals surface area (Å²) >= 11 is 6.71. The molecule has 0 bridgehead atoms. The SMILES string of the molecule is C=C(Cl)C1C(CC)(c2ccccc2-c2nccn2-c2c(C(C)C)cccc2C(C)C)[C@]1(C)CCC. The number of halogens is 1. The first-order valence-electron chi connectivity index (χ1n) is 13.3. The minimum Gasteiger partial charge on any atom is -0.299 e. The first-order chi connectivity index (χ1) is 16.7. The Kier molecular flexibility index (Phi) is 7.08. The minimum atomic E-state index is -0.0341. The van der Waals surface area contributed by atoms with Crippen LogP contribution in [0.2, 0.25) is 0 Å². The Morgan fingerprint density at radius 1 is 1.03 bits per heavy atom. The Labute approximate surface area is 217 Å². The number of allylic oxidation sites excluding steroid dienone is 1. The van der Waals surface area contributed by atoms with E-state index in [2.05, 4.69) is 108 Å². The molecule has 1 fully saturated rings. The van der Waals surface area contributed by atoms with E-state index in [-0.39, 0.29) is 16.7 Å². The minimum absolute atomic E-state index is 0.0341. The van der Waals surface area contributed by atoms with E-state index in [4.69, 9.17) is 16.6 Å². The molecule has 0 amide bonds. The molecule has 186 valence electrons. The maximum Gasteiger partial charge on any atom is 0.144 e. The molecule has 35 heavy (non-hydrogen) atoms. The molecule has 1 aliphatic rings. The zero-order chi connectivity index (χ0) is 25.5. The highest BCUT2D eigenvalue weighted by molar-refractivity contribution is 6.30. The number of aromatic nitrogens is 2. The molecule has 3 atom stereocenters. The van der Waals surface area contributed by atoms with E-state index in [1.165, 1.54) is 27.9 Å². The quantitative estimate of drug-likeness (QED) is 0.293. The summed E-state index contributed by atoms with van der Waals surface area (Å²) in [5.74, 6) is 2.10. The van der Waals surface area contributed by atoms with Gasteiger partial charge >= 0.3 is 0 Å². The molecule has 3 heteroatoms. The van der Waals surface area contributed by atoms with E-state index >= 15 is 0 Å². The normalized spacial score (nSPS) is 23.8. The molecule has 0 saturated heterocycles. The standard InChI is InChI=1S/C32H41ClN2/c1-9-18-31(8)29(23(7)33)32(31,10-2)27-17-12-11-14-26(27)30-34-19-20-35(30)28-24(21(3)4)15-13-16-25(28)22(5)6/h11-17,19-22,29H,7,9-10,18H2,1-6,8H3/t29?,31-,32?/m1/s1. The zero-order valence-electron chi connectivity index (χ0n) is 22.5. The zero-order valence-corrected chi connectivity index (χ0v) is 23.3. The molecular formula is C32H41ClN2. The fraction of sp³-hybridized carbons (Fsp3) is 0.469. The lowest BCUT2D eigenvalue weighted by atomic mass is 9.80. The lowest BCUT2D eigenvalue weighted by molar-refractivity contribution is 0.405. The summed E-state index contributed by atoms with van der Waals surface area (Å²) in [5, 5.41) is 0.785. The third-order valence-electron chi connectivity index (χ3n) is 8.58. The Balaban J connectivity index is 1.97. The van der Waals surface area contributed by atoms with Gasteiger partial charge in [0.05, 0.1) is 5.69 Å². The van der Waals surface area contributed by atoms with Gasteiger partial charge in [0.15, 0.2) is 0 Å². The van der Waals surface area contributed by atoms with E-state index in [0.717, 1.165) is 30.1 Å². The molecule has 2 nitrogen and oxygen atoms in total. The first kappa shape index (κ1) is 25.8. The molecular weight excluding hydrogens is 448 g/mol. The number of benzene rings is 2. The first-order valence-corrected chi connectivity index (χ1v) is 13.6. The largest absolute Gasteiger partial charge is 0.299 e. The maximum atomic E-state index is 6.71. The third kappa shape index (κ3) is 3.89. The average Bonchev–Trinajstić information content (AvgIpc) is 3.11. The molecule has 0 radical (unpaired) electrons. The van der Waals surface area contributed by atoms with Gasteiger partial charge in [-0.2, -0.15) is 0 Å². The fourth-order valence-electron chi connectivity index (χ4n) is 7.06. The van der Waals surface area contributed by atoms with Crippen molar-refractivity contribution in [1.82, 2.24) is 9.55 Å². The summed E-state index contributed by atoms with van der Waals surface area (Å²) in [6, 6.07) is 15.6. The summed E-state index contributed by atoms with van der Waals surface area (Å²) in [5.41, 5.74) is 6.60. The van der Waals surface area contributed by atoms with Crippen LogP contribution in [-0.4, -0.2) is 9.55 Å². The van der Waals surface area contributed by atoms with Crippen molar-refractivity contribution < 1.29 is 0 Å². The van der Waals surface area contributed by atoms with Crippen molar-refractivity contribution in [3.63, 3.8) is 0 Å². The van der Waals surface area contributed by atoms with Crippen LogP contribution < -0.4 is 0 Å². The van der Waals surface area contributed by atoms with E-state index < -0.39 is 0 Å². The van der Waals surface area contributed by atoms with Gasteiger partial charge in [0.25, 0.3) is 0 Å². The van der Waals surface area contributed by atoms with Crippen molar-refractivity contribution in [3.8, 4) is 17.1 Å². The predicted molar refractivity (Wildman–Crippen MR) is 151 cm³/mol. The van der Waals surface area contributed by atoms with Crippen molar-refractivity contribution in [2.45, 2.75) is 85.0 Å². The molecule has 2 unspecified atom stereocenters. The fourth-order valence-corrected chi connectivity index (χ4v) is 7.49. The monoisotopic (exact) mass is 488 g/mol. The van der Waals surface area contributed by atoms with Gasteiger partial charge in [-0.05, 0) is 46.8 Å². The summed E-state index contributed by atoms with van der Waals surface area (Å²) in [7, 11) is 0. The van der Waals surface area contributed by atoms with Gasteiger partial charge in [0.2, 0.25) is 0 Å². The molecule has 0 aliphatic heterocycles. The van der Waals surface area contributed by atoms with E-state index in [0.29, 0.717) is 11.8 Å².